The van der Waals surface area contributed by atoms with E-state index < -0.39 is 11.5 Å². The van der Waals surface area contributed by atoms with Crippen LogP contribution in [0.4, 0.5) is 5.13 Å². The molecule has 0 aliphatic carbocycles. The lowest BCUT2D eigenvalue weighted by Crippen LogP contribution is -2.28. The number of amides is 1. The summed E-state index contributed by atoms with van der Waals surface area (Å²) in [5.74, 6) is -1.05. The van der Waals surface area contributed by atoms with Crippen LogP contribution in [0.1, 0.15) is 21.1 Å². The molecule has 8 heteroatoms. The maximum Gasteiger partial charge on any atom is 0.267 e. The first-order chi connectivity index (χ1) is 8.90. The lowest BCUT2D eigenvalue weighted by molar-refractivity contribution is 0.102. The van der Waals surface area contributed by atoms with Crippen molar-refractivity contribution in [1.82, 2.24) is 14.8 Å². The lowest BCUT2D eigenvalue weighted by atomic mass is 10.2. The Labute approximate surface area is 112 Å². The van der Waals surface area contributed by atoms with Crippen LogP contribution < -0.4 is 10.9 Å². The highest BCUT2D eigenvalue weighted by Gasteiger charge is 2.19. The molecule has 2 N–H and O–H groups in total. The number of hydrogen-bond donors (Lipinski definition) is 2. The van der Waals surface area contributed by atoms with Gasteiger partial charge in [0.2, 0.25) is 5.13 Å². The number of hydrogen-bond acceptors (Lipinski definition) is 6. The van der Waals surface area contributed by atoms with Gasteiger partial charge >= 0.3 is 0 Å². The van der Waals surface area contributed by atoms with Gasteiger partial charge in [-0.1, -0.05) is 11.3 Å². The molecule has 0 aromatic carbocycles. The number of rotatable bonds is 2. The molecule has 0 unspecified atom stereocenters. The van der Waals surface area contributed by atoms with Crippen molar-refractivity contribution >= 4 is 22.4 Å². The van der Waals surface area contributed by atoms with E-state index in [1.807, 2.05) is 0 Å². The van der Waals surface area contributed by atoms with Gasteiger partial charge in [-0.2, -0.15) is 0 Å². The zero-order valence-electron chi connectivity index (χ0n) is 10.6. The van der Waals surface area contributed by atoms with Crippen LogP contribution in [0.5, 0.6) is 5.75 Å². The predicted molar refractivity (Wildman–Crippen MR) is 70.7 cm³/mol. The van der Waals surface area contributed by atoms with Gasteiger partial charge in [-0.15, -0.1) is 10.2 Å². The number of nitrogens with zero attached hydrogens (tertiary/aromatic N) is 3. The summed E-state index contributed by atoms with van der Waals surface area (Å²) in [4.78, 5) is 23.9. The van der Waals surface area contributed by atoms with Crippen molar-refractivity contribution in [3.63, 3.8) is 0 Å². The van der Waals surface area contributed by atoms with Crippen molar-refractivity contribution in [1.29, 1.82) is 0 Å². The number of carbonyl (C=O) groups is 1. The van der Waals surface area contributed by atoms with Crippen LogP contribution in [0.25, 0.3) is 0 Å². The molecule has 1 amide bonds. The molecular formula is C11H12N4O3S. The van der Waals surface area contributed by atoms with E-state index in [1.54, 1.807) is 13.8 Å². The van der Waals surface area contributed by atoms with Crippen molar-refractivity contribution < 1.29 is 9.90 Å². The molecule has 19 heavy (non-hydrogen) atoms. The van der Waals surface area contributed by atoms with Gasteiger partial charge in [0, 0.05) is 18.8 Å². The number of pyridine rings is 1. The topological polar surface area (TPSA) is 97.1 Å². The molecule has 0 atom stereocenters. The lowest BCUT2D eigenvalue weighted by Gasteiger charge is -2.08. The Morgan fingerprint density at radius 2 is 2.11 bits per heavy atom. The van der Waals surface area contributed by atoms with Crippen LogP contribution in [0.3, 0.4) is 0 Å². The van der Waals surface area contributed by atoms with Gasteiger partial charge in [0.15, 0.2) is 0 Å². The predicted octanol–water partition coefficient (Wildman–Crippen LogP) is 0.812. The maximum absolute atomic E-state index is 12.0. The third-order valence-corrected chi connectivity index (χ3v) is 3.38. The van der Waals surface area contributed by atoms with Gasteiger partial charge < -0.3 is 9.67 Å². The molecule has 7 nitrogen and oxygen atoms in total. The minimum absolute atomic E-state index is 0.282. The van der Waals surface area contributed by atoms with E-state index in [2.05, 4.69) is 15.5 Å². The fourth-order valence-corrected chi connectivity index (χ4v) is 2.11. The fraction of sp³-hybridized carbons (Fsp3) is 0.273. The SMILES string of the molecule is Cc1nnc(NC(=O)c2c(O)cc(C)n(C)c2=O)s1. The molecule has 2 aromatic rings. The summed E-state index contributed by atoms with van der Waals surface area (Å²) >= 11 is 1.19. The first-order valence-corrected chi connectivity index (χ1v) is 6.23. The Morgan fingerprint density at radius 3 is 2.68 bits per heavy atom. The molecule has 0 fully saturated rings. The minimum atomic E-state index is -0.700. The average molecular weight is 280 g/mol. The van der Waals surface area contributed by atoms with Crippen LogP contribution in [0.2, 0.25) is 0 Å². The van der Waals surface area contributed by atoms with Crippen molar-refractivity contribution in [2.24, 2.45) is 7.05 Å². The molecule has 0 radical (unpaired) electrons. The second-order valence-electron chi connectivity index (χ2n) is 3.99. The van der Waals surface area contributed by atoms with E-state index in [-0.39, 0.29) is 16.4 Å². The van der Waals surface area contributed by atoms with E-state index in [9.17, 15) is 14.7 Å². The summed E-state index contributed by atoms with van der Waals surface area (Å²) in [6.07, 6.45) is 0. The third kappa shape index (κ3) is 2.48. The molecule has 2 heterocycles. The largest absolute Gasteiger partial charge is 0.507 e. The summed E-state index contributed by atoms with van der Waals surface area (Å²) in [6.45, 7) is 3.41. The van der Waals surface area contributed by atoms with Crippen molar-refractivity contribution in [3.05, 3.63) is 32.7 Å². The minimum Gasteiger partial charge on any atom is -0.507 e. The summed E-state index contributed by atoms with van der Waals surface area (Å²) in [5, 5.41) is 20.6. The highest BCUT2D eigenvalue weighted by atomic mass is 32.1. The molecule has 0 saturated heterocycles. The molecule has 2 aromatic heterocycles. The maximum atomic E-state index is 12.0. The third-order valence-electron chi connectivity index (χ3n) is 2.62. The average Bonchev–Trinajstić information content (AvgIpc) is 2.72. The fourth-order valence-electron chi connectivity index (χ4n) is 1.52. The Bertz CT molecular complexity index is 704. The summed E-state index contributed by atoms with van der Waals surface area (Å²) in [7, 11) is 1.53. The molecule has 0 saturated carbocycles. The smallest absolute Gasteiger partial charge is 0.267 e. The van der Waals surface area contributed by atoms with Gasteiger partial charge in [0.25, 0.3) is 11.5 Å². The standard InChI is InChI=1S/C11H12N4O3S/c1-5-4-7(16)8(10(18)15(5)3)9(17)12-11-14-13-6(2)19-11/h4,16H,1-3H3,(H,12,14,17). The van der Waals surface area contributed by atoms with E-state index in [0.29, 0.717) is 10.7 Å². The number of carbonyl (C=O) groups excluding carboxylic acids is 1. The normalized spacial score (nSPS) is 10.5. The van der Waals surface area contributed by atoms with Gasteiger partial charge in [-0.3, -0.25) is 14.9 Å². The van der Waals surface area contributed by atoms with Crippen LogP contribution in [-0.4, -0.2) is 25.8 Å². The zero-order valence-corrected chi connectivity index (χ0v) is 11.4. The Balaban J connectivity index is 2.40. The number of aryl methyl sites for hydroxylation is 2. The van der Waals surface area contributed by atoms with Crippen molar-refractivity contribution in [2.45, 2.75) is 13.8 Å². The van der Waals surface area contributed by atoms with Gasteiger partial charge in [-0.25, -0.2) is 0 Å². The summed E-state index contributed by atoms with van der Waals surface area (Å²) < 4.78 is 1.29. The molecule has 0 bridgehead atoms. The molecule has 0 aliphatic rings. The quantitative estimate of drug-likeness (QED) is 0.848. The Hall–Kier alpha value is -2.22. The molecule has 2 rings (SSSR count). The van der Waals surface area contributed by atoms with Crippen molar-refractivity contribution in [3.8, 4) is 5.75 Å². The summed E-state index contributed by atoms with van der Waals surface area (Å²) in [6, 6.07) is 1.36. The van der Waals surface area contributed by atoms with Gasteiger partial charge in [0.1, 0.15) is 16.3 Å². The molecule has 0 aliphatic heterocycles. The molecule has 0 spiro atoms. The van der Waals surface area contributed by atoms with Gasteiger partial charge in [0.05, 0.1) is 0 Å². The second-order valence-corrected chi connectivity index (χ2v) is 5.17. The first-order valence-electron chi connectivity index (χ1n) is 5.41. The second kappa shape index (κ2) is 4.81. The van der Waals surface area contributed by atoms with E-state index in [4.69, 9.17) is 0 Å². The number of anilines is 1. The molecule has 100 valence electrons. The van der Waals surface area contributed by atoms with Crippen LogP contribution in [0.15, 0.2) is 10.9 Å². The first kappa shape index (κ1) is 13.2. The highest BCUT2D eigenvalue weighted by molar-refractivity contribution is 7.15. The van der Waals surface area contributed by atoms with Crippen LogP contribution in [-0.2, 0) is 7.05 Å². The van der Waals surface area contributed by atoms with Crippen LogP contribution in [0, 0.1) is 13.8 Å². The Kier molecular flexibility index (Phi) is 3.34. The van der Waals surface area contributed by atoms with E-state index in [0.717, 1.165) is 0 Å². The number of nitrogens with one attached hydrogen (secondary N) is 1. The monoisotopic (exact) mass is 280 g/mol. The number of aromatic hydroxyl groups is 1. The van der Waals surface area contributed by atoms with Crippen molar-refractivity contribution in [2.75, 3.05) is 5.32 Å². The van der Waals surface area contributed by atoms with E-state index >= 15 is 0 Å². The van der Waals surface area contributed by atoms with E-state index in [1.165, 1.54) is 29.0 Å². The van der Waals surface area contributed by atoms with Crippen LogP contribution >= 0.6 is 11.3 Å². The highest BCUT2D eigenvalue weighted by Crippen LogP contribution is 2.18. The Morgan fingerprint density at radius 1 is 1.42 bits per heavy atom. The summed E-state index contributed by atoms with van der Waals surface area (Å²) in [5.41, 5.74) is -0.303. The zero-order chi connectivity index (χ0) is 14.2. The number of aromatic nitrogens is 3. The van der Waals surface area contributed by atoms with Gasteiger partial charge in [-0.05, 0) is 13.8 Å². The molecular weight excluding hydrogens is 268 g/mol.